The summed E-state index contributed by atoms with van der Waals surface area (Å²) in [6.45, 7) is 5.88. The Hall–Kier alpha value is -2.85. The molecule has 1 aliphatic heterocycles. The van der Waals surface area contributed by atoms with Gasteiger partial charge < -0.3 is 19.7 Å². The molecule has 0 saturated carbocycles. The number of ether oxygens (including phenoxy) is 2. The standard InChI is InChI=1S/C21H26N6O3S/c1-15-3-5-16(6-4-15)30-14-18(28)22-7-8-27-20-17(13-23-27)19(24-21(25-20)31-2)26-9-11-29-12-10-26/h3-6,13H,7-12,14H2,1-2H3,(H,22,28). The number of hydrogen-bond donors (Lipinski definition) is 1. The number of carbonyl (C=O) groups excluding carboxylic acids is 1. The van der Waals surface area contributed by atoms with Crippen LogP contribution in [0.15, 0.2) is 35.6 Å². The first-order chi connectivity index (χ1) is 15.1. The minimum atomic E-state index is -0.175. The van der Waals surface area contributed by atoms with Gasteiger partial charge in [-0.25, -0.2) is 14.6 Å². The number of morpholine rings is 1. The van der Waals surface area contributed by atoms with Crippen LogP contribution < -0.4 is 15.0 Å². The average molecular weight is 443 g/mol. The first-order valence-corrected chi connectivity index (χ1v) is 11.4. The van der Waals surface area contributed by atoms with E-state index in [0.717, 1.165) is 35.5 Å². The van der Waals surface area contributed by atoms with Gasteiger partial charge in [0.2, 0.25) is 0 Å². The number of amides is 1. The number of nitrogens with zero attached hydrogens (tertiary/aromatic N) is 5. The zero-order valence-electron chi connectivity index (χ0n) is 17.7. The second kappa shape index (κ2) is 9.97. The van der Waals surface area contributed by atoms with Crippen LogP contribution in [0.1, 0.15) is 5.56 Å². The summed E-state index contributed by atoms with van der Waals surface area (Å²) in [7, 11) is 0. The molecule has 3 aromatic rings. The minimum absolute atomic E-state index is 0.0249. The molecule has 9 nitrogen and oxygen atoms in total. The normalized spacial score (nSPS) is 14.1. The van der Waals surface area contributed by atoms with E-state index in [2.05, 4.69) is 20.3 Å². The molecule has 1 N–H and O–H groups in total. The van der Waals surface area contributed by atoms with Gasteiger partial charge in [-0.1, -0.05) is 29.5 Å². The van der Waals surface area contributed by atoms with Crippen molar-refractivity contribution in [2.24, 2.45) is 0 Å². The Labute approximate surface area is 185 Å². The number of fused-ring (bicyclic) bond motifs is 1. The van der Waals surface area contributed by atoms with Crippen molar-refractivity contribution in [1.29, 1.82) is 0 Å². The Kier molecular flexibility index (Phi) is 6.88. The van der Waals surface area contributed by atoms with Crippen molar-refractivity contribution in [2.45, 2.75) is 18.6 Å². The van der Waals surface area contributed by atoms with Gasteiger partial charge in [-0.3, -0.25) is 4.79 Å². The summed E-state index contributed by atoms with van der Waals surface area (Å²) >= 11 is 1.50. The van der Waals surface area contributed by atoms with Crippen molar-refractivity contribution < 1.29 is 14.3 Å². The second-order valence-corrected chi connectivity index (χ2v) is 7.96. The van der Waals surface area contributed by atoms with Crippen LogP contribution in [0.4, 0.5) is 5.82 Å². The van der Waals surface area contributed by atoms with Gasteiger partial charge >= 0.3 is 0 Å². The Bertz CT molecular complexity index is 1030. The van der Waals surface area contributed by atoms with Gasteiger partial charge in [0, 0.05) is 19.6 Å². The zero-order chi connectivity index (χ0) is 21.6. The predicted molar refractivity (Wildman–Crippen MR) is 120 cm³/mol. The fourth-order valence-corrected chi connectivity index (χ4v) is 3.68. The molecule has 1 aromatic carbocycles. The molecule has 0 radical (unpaired) electrons. The molecule has 0 bridgehead atoms. The number of aryl methyl sites for hydroxylation is 1. The van der Waals surface area contributed by atoms with Crippen molar-refractivity contribution in [3.8, 4) is 5.75 Å². The third-order valence-corrected chi connectivity index (χ3v) is 5.53. The lowest BCUT2D eigenvalue weighted by Gasteiger charge is -2.28. The molecule has 3 heterocycles. The summed E-state index contributed by atoms with van der Waals surface area (Å²) in [4.78, 5) is 23.7. The van der Waals surface area contributed by atoms with Gasteiger partial charge in [-0.2, -0.15) is 5.10 Å². The van der Waals surface area contributed by atoms with E-state index in [9.17, 15) is 4.79 Å². The first kappa shape index (κ1) is 21.4. The van der Waals surface area contributed by atoms with Crippen LogP contribution in [0.25, 0.3) is 11.0 Å². The number of aromatic nitrogens is 4. The van der Waals surface area contributed by atoms with Gasteiger partial charge in [0.1, 0.15) is 11.6 Å². The van der Waals surface area contributed by atoms with E-state index in [-0.39, 0.29) is 12.5 Å². The van der Waals surface area contributed by atoms with Crippen molar-refractivity contribution in [3.05, 3.63) is 36.0 Å². The molecule has 1 fully saturated rings. The third kappa shape index (κ3) is 5.26. The lowest BCUT2D eigenvalue weighted by Crippen LogP contribution is -2.37. The number of rotatable bonds is 8. The quantitative estimate of drug-likeness (QED) is 0.418. The predicted octanol–water partition coefficient (Wildman–Crippen LogP) is 1.89. The second-order valence-electron chi connectivity index (χ2n) is 7.19. The van der Waals surface area contributed by atoms with E-state index in [4.69, 9.17) is 14.5 Å². The van der Waals surface area contributed by atoms with Crippen molar-refractivity contribution >= 4 is 34.5 Å². The molecule has 164 valence electrons. The summed E-state index contributed by atoms with van der Waals surface area (Å²) < 4.78 is 12.8. The summed E-state index contributed by atoms with van der Waals surface area (Å²) in [5.41, 5.74) is 1.92. The van der Waals surface area contributed by atoms with E-state index in [1.807, 2.05) is 42.1 Å². The fourth-order valence-electron chi connectivity index (χ4n) is 3.33. The summed E-state index contributed by atoms with van der Waals surface area (Å²) in [5.74, 6) is 1.39. The maximum absolute atomic E-state index is 12.1. The van der Waals surface area contributed by atoms with Crippen LogP contribution in [-0.2, 0) is 16.1 Å². The zero-order valence-corrected chi connectivity index (χ0v) is 18.5. The Balaban J connectivity index is 1.38. The molecule has 1 amide bonds. The molecule has 4 rings (SSSR count). The molecular weight excluding hydrogens is 416 g/mol. The molecule has 0 atom stereocenters. The van der Waals surface area contributed by atoms with E-state index in [1.54, 1.807) is 6.20 Å². The van der Waals surface area contributed by atoms with Gasteiger partial charge in [0.05, 0.1) is 31.3 Å². The number of benzene rings is 1. The minimum Gasteiger partial charge on any atom is -0.484 e. The molecule has 0 unspecified atom stereocenters. The van der Waals surface area contributed by atoms with Gasteiger partial charge in [-0.05, 0) is 25.3 Å². The topological polar surface area (TPSA) is 94.4 Å². The Morgan fingerprint density at radius 3 is 2.74 bits per heavy atom. The lowest BCUT2D eigenvalue weighted by molar-refractivity contribution is -0.123. The van der Waals surface area contributed by atoms with Gasteiger partial charge in [-0.15, -0.1) is 0 Å². The summed E-state index contributed by atoms with van der Waals surface area (Å²) in [6.07, 6.45) is 3.76. The number of thioether (sulfide) groups is 1. The largest absolute Gasteiger partial charge is 0.484 e. The highest BCUT2D eigenvalue weighted by atomic mass is 32.2. The molecule has 10 heteroatoms. The van der Waals surface area contributed by atoms with Crippen LogP contribution in [-0.4, -0.2) is 71.4 Å². The first-order valence-electron chi connectivity index (χ1n) is 10.2. The van der Waals surface area contributed by atoms with E-state index in [1.165, 1.54) is 11.8 Å². The molecule has 2 aromatic heterocycles. The summed E-state index contributed by atoms with van der Waals surface area (Å²) in [5, 5.41) is 8.97. The van der Waals surface area contributed by atoms with Crippen molar-refractivity contribution in [2.75, 3.05) is 50.6 Å². The molecule has 0 spiro atoms. The Morgan fingerprint density at radius 1 is 1.23 bits per heavy atom. The van der Waals surface area contributed by atoms with Crippen LogP contribution in [0.5, 0.6) is 5.75 Å². The number of nitrogens with one attached hydrogen (secondary N) is 1. The van der Waals surface area contributed by atoms with Gasteiger partial charge in [0.15, 0.2) is 17.4 Å². The SMILES string of the molecule is CSc1nc(N2CCOCC2)c2cnn(CCNC(=O)COc3ccc(C)cc3)c2n1. The number of anilines is 1. The van der Waals surface area contributed by atoms with Crippen LogP contribution in [0.2, 0.25) is 0 Å². The van der Waals surface area contributed by atoms with Gasteiger partial charge in [0.25, 0.3) is 5.91 Å². The van der Waals surface area contributed by atoms with Crippen LogP contribution in [0.3, 0.4) is 0 Å². The molecule has 1 saturated heterocycles. The fraction of sp³-hybridized carbons (Fsp3) is 0.429. The lowest BCUT2D eigenvalue weighted by atomic mass is 10.2. The van der Waals surface area contributed by atoms with Crippen molar-refractivity contribution in [1.82, 2.24) is 25.1 Å². The maximum atomic E-state index is 12.1. The smallest absolute Gasteiger partial charge is 0.258 e. The van der Waals surface area contributed by atoms with E-state index in [0.29, 0.717) is 37.2 Å². The Morgan fingerprint density at radius 2 is 2.00 bits per heavy atom. The number of carbonyl (C=O) groups is 1. The summed E-state index contributed by atoms with van der Waals surface area (Å²) in [6, 6.07) is 7.61. The van der Waals surface area contributed by atoms with Crippen LogP contribution >= 0.6 is 11.8 Å². The van der Waals surface area contributed by atoms with E-state index >= 15 is 0 Å². The maximum Gasteiger partial charge on any atom is 0.258 e. The highest BCUT2D eigenvalue weighted by molar-refractivity contribution is 7.98. The third-order valence-electron chi connectivity index (χ3n) is 4.99. The van der Waals surface area contributed by atoms with E-state index < -0.39 is 0 Å². The highest BCUT2D eigenvalue weighted by Crippen LogP contribution is 2.27. The molecular formula is C21H26N6O3S. The van der Waals surface area contributed by atoms with Crippen LogP contribution in [0, 0.1) is 6.92 Å². The molecule has 31 heavy (non-hydrogen) atoms. The average Bonchev–Trinajstić information content (AvgIpc) is 3.21. The molecule has 1 aliphatic rings. The highest BCUT2D eigenvalue weighted by Gasteiger charge is 2.20. The number of hydrogen-bond acceptors (Lipinski definition) is 8. The monoisotopic (exact) mass is 442 g/mol. The van der Waals surface area contributed by atoms with Crippen molar-refractivity contribution in [3.63, 3.8) is 0 Å². The molecule has 0 aliphatic carbocycles.